The lowest BCUT2D eigenvalue weighted by Crippen LogP contribution is -2.56. The van der Waals surface area contributed by atoms with Crippen molar-refractivity contribution in [3.05, 3.63) is 69.1 Å². The number of nitro benzene ring substituents is 1. The molecule has 1 saturated heterocycles. The minimum absolute atomic E-state index is 0.0491. The maximum atomic E-state index is 13.6. The maximum Gasteiger partial charge on any atom is 0.410 e. The number of aliphatic hydroxyl groups excluding tert-OH is 1. The SMILES string of the molecule is C=CCOC(=O)C1(Cc2ccccc2[N+](=O)[O-])CCc2c(nc(Cl)nc2N2CCN(C(=O)OC(C)(C)C)C(CC#N)C2)C1O. The van der Waals surface area contributed by atoms with Crippen molar-refractivity contribution in [1.82, 2.24) is 14.9 Å². The lowest BCUT2D eigenvalue weighted by molar-refractivity contribution is -0.385. The van der Waals surface area contributed by atoms with Gasteiger partial charge >= 0.3 is 12.1 Å². The third-order valence-corrected chi connectivity index (χ3v) is 7.93. The summed E-state index contributed by atoms with van der Waals surface area (Å²) in [6.07, 6.45) is -0.512. The highest BCUT2D eigenvalue weighted by Gasteiger charge is 2.52. The van der Waals surface area contributed by atoms with E-state index in [0.29, 0.717) is 17.9 Å². The van der Waals surface area contributed by atoms with Crippen LogP contribution in [0.5, 0.6) is 0 Å². The maximum absolute atomic E-state index is 13.6. The highest BCUT2D eigenvalue weighted by atomic mass is 35.5. The van der Waals surface area contributed by atoms with Crippen molar-refractivity contribution in [1.29, 1.82) is 5.26 Å². The number of benzene rings is 1. The Hall–Kier alpha value is -4.28. The molecule has 1 amide bonds. The minimum atomic E-state index is -1.62. The number of fused-ring (bicyclic) bond motifs is 1. The predicted octanol–water partition coefficient (Wildman–Crippen LogP) is 4.32. The molecule has 2 heterocycles. The van der Waals surface area contributed by atoms with Crippen LogP contribution in [-0.2, 0) is 27.1 Å². The van der Waals surface area contributed by atoms with Crippen LogP contribution in [0.15, 0.2) is 36.9 Å². The van der Waals surface area contributed by atoms with Gasteiger partial charge in [0.05, 0.1) is 29.1 Å². The Balaban J connectivity index is 1.72. The van der Waals surface area contributed by atoms with E-state index in [2.05, 4.69) is 22.6 Å². The van der Waals surface area contributed by atoms with Gasteiger partial charge in [-0.2, -0.15) is 5.26 Å². The monoisotopic (exact) mass is 626 g/mol. The van der Waals surface area contributed by atoms with Crippen LogP contribution < -0.4 is 4.90 Å². The summed E-state index contributed by atoms with van der Waals surface area (Å²) >= 11 is 6.38. The van der Waals surface area contributed by atoms with Crippen molar-refractivity contribution in [3.8, 4) is 6.07 Å². The average molecular weight is 627 g/mol. The summed E-state index contributed by atoms with van der Waals surface area (Å²) in [6.45, 7) is 9.59. The first kappa shape index (κ1) is 32.6. The number of halogens is 1. The van der Waals surface area contributed by atoms with Crippen molar-refractivity contribution in [2.45, 2.75) is 64.2 Å². The number of aromatic nitrogens is 2. The molecule has 0 spiro atoms. The third-order valence-electron chi connectivity index (χ3n) is 7.76. The molecule has 3 atom stereocenters. The first-order valence-electron chi connectivity index (χ1n) is 14.2. The largest absolute Gasteiger partial charge is 0.461 e. The second kappa shape index (κ2) is 13.2. The van der Waals surface area contributed by atoms with Gasteiger partial charge < -0.3 is 24.4 Å². The number of rotatable bonds is 8. The van der Waals surface area contributed by atoms with E-state index < -0.39 is 40.1 Å². The fourth-order valence-electron chi connectivity index (χ4n) is 5.75. The van der Waals surface area contributed by atoms with Crippen molar-refractivity contribution < 1.29 is 29.1 Å². The number of carbonyl (C=O) groups is 2. The molecular formula is C30H35ClN6O7. The van der Waals surface area contributed by atoms with Gasteiger partial charge in [-0.1, -0.05) is 30.9 Å². The van der Waals surface area contributed by atoms with Crippen molar-refractivity contribution in [3.63, 3.8) is 0 Å². The van der Waals surface area contributed by atoms with Crippen LogP contribution in [-0.4, -0.2) is 74.8 Å². The van der Waals surface area contributed by atoms with Crippen LogP contribution in [0.1, 0.15) is 56.5 Å². The quantitative estimate of drug-likeness (QED) is 0.145. The molecule has 1 aliphatic heterocycles. The zero-order valence-electron chi connectivity index (χ0n) is 24.9. The van der Waals surface area contributed by atoms with Crippen molar-refractivity contribution >= 4 is 35.2 Å². The van der Waals surface area contributed by atoms with E-state index in [4.69, 9.17) is 21.1 Å². The number of hydrogen-bond acceptors (Lipinski definition) is 11. The van der Waals surface area contributed by atoms with Gasteiger partial charge in [-0.15, -0.1) is 0 Å². The molecule has 1 aromatic heterocycles. The van der Waals surface area contributed by atoms with Gasteiger partial charge in [0, 0.05) is 36.8 Å². The number of piperazine rings is 1. The number of nitriles is 1. The minimum Gasteiger partial charge on any atom is -0.461 e. The number of nitro groups is 1. The number of hydrogen-bond donors (Lipinski definition) is 1. The highest BCUT2D eigenvalue weighted by Crippen LogP contribution is 2.49. The van der Waals surface area contributed by atoms with Crippen molar-refractivity contribution in [2.24, 2.45) is 5.41 Å². The highest BCUT2D eigenvalue weighted by molar-refractivity contribution is 6.28. The van der Waals surface area contributed by atoms with Gasteiger partial charge in [0.1, 0.15) is 29.5 Å². The van der Waals surface area contributed by atoms with Gasteiger partial charge in [0.2, 0.25) is 5.28 Å². The molecule has 1 N–H and O–H groups in total. The van der Waals surface area contributed by atoms with Crippen LogP contribution in [0.25, 0.3) is 0 Å². The Labute approximate surface area is 260 Å². The fourth-order valence-corrected chi connectivity index (χ4v) is 5.92. The zero-order valence-corrected chi connectivity index (χ0v) is 25.6. The van der Waals surface area contributed by atoms with Gasteiger partial charge in [-0.05, 0) is 51.6 Å². The number of amides is 1. The van der Waals surface area contributed by atoms with Gasteiger partial charge in [-0.25, -0.2) is 14.8 Å². The van der Waals surface area contributed by atoms with Gasteiger partial charge in [0.25, 0.3) is 5.69 Å². The summed E-state index contributed by atoms with van der Waals surface area (Å²) in [5.74, 6) is -0.324. The molecule has 1 fully saturated rings. The van der Waals surface area contributed by atoms with Crippen molar-refractivity contribution in [2.75, 3.05) is 31.1 Å². The predicted molar refractivity (Wildman–Crippen MR) is 160 cm³/mol. The van der Waals surface area contributed by atoms with E-state index in [-0.39, 0.29) is 67.6 Å². The molecule has 0 bridgehead atoms. The van der Waals surface area contributed by atoms with E-state index in [1.54, 1.807) is 32.9 Å². The van der Waals surface area contributed by atoms with E-state index >= 15 is 0 Å². The van der Waals surface area contributed by atoms with Crippen LogP contribution in [0, 0.1) is 26.9 Å². The Bertz CT molecular complexity index is 1490. The number of nitrogens with zero attached hydrogens (tertiary/aromatic N) is 6. The zero-order chi connectivity index (χ0) is 32.2. The van der Waals surface area contributed by atoms with Crippen LogP contribution in [0.3, 0.4) is 0 Å². The number of aliphatic hydroxyl groups is 1. The van der Waals surface area contributed by atoms with Crippen LogP contribution in [0.2, 0.25) is 5.28 Å². The lowest BCUT2D eigenvalue weighted by atomic mass is 9.67. The second-order valence-electron chi connectivity index (χ2n) is 11.8. The molecule has 4 rings (SSSR count). The fraction of sp³-hybridized carbons (Fsp3) is 0.500. The number of ether oxygens (including phenoxy) is 2. The van der Waals surface area contributed by atoms with E-state index in [9.17, 15) is 30.1 Å². The average Bonchev–Trinajstić information content (AvgIpc) is 2.96. The molecule has 0 saturated carbocycles. The Morgan fingerprint density at radius 2 is 2.05 bits per heavy atom. The van der Waals surface area contributed by atoms with E-state index in [1.807, 2.05) is 4.90 Å². The van der Waals surface area contributed by atoms with E-state index in [0.717, 1.165) is 0 Å². The number of esters is 1. The van der Waals surface area contributed by atoms with E-state index in [1.165, 1.54) is 23.1 Å². The molecule has 1 aromatic carbocycles. The summed E-state index contributed by atoms with van der Waals surface area (Å²) in [7, 11) is 0. The van der Waals surface area contributed by atoms with Crippen LogP contribution >= 0.6 is 11.6 Å². The molecular weight excluding hydrogens is 592 g/mol. The number of para-hydroxylation sites is 1. The molecule has 2 aliphatic rings. The molecule has 44 heavy (non-hydrogen) atoms. The molecule has 1 aliphatic carbocycles. The Kier molecular flexibility index (Phi) is 9.75. The summed E-state index contributed by atoms with van der Waals surface area (Å²) < 4.78 is 11.0. The van der Waals surface area contributed by atoms with Gasteiger partial charge in [0.15, 0.2) is 0 Å². The Morgan fingerprint density at radius 1 is 1.32 bits per heavy atom. The summed E-state index contributed by atoms with van der Waals surface area (Å²) in [6, 6.07) is 7.66. The molecule has 2 aromatic rings. The smallest absolute Gasteiger partial charge is 0.410 e. The molecule has 3 unspecified atom stereocenters. The molecule has 14 heteroatoms. The number of carbonyl (C=O) groups excluding carboxylic acids is 2. The summed E-state index contributed by atoms with van der Waals surface area (Å²) in [4.78, 5) is 50.0. The summed E-state index contributed by atoms with van der Waals surface area (Å²) in [5.41, 5.74) is -1.58. The molecule has 13 nitrogen and oxygen atoms in total. The first-order chi connectivity index (χ1) is 20.8. The normalized spacial score (nSPS) is 21.5. The summed E-state index contributed by atoms with van der Waals surface area (Å²) in [5, 5.41) is 33.0. The standard InChI is InChI=1S/C30H35ClN6O7/c1-5-16-43-26(39)30(17-19-8-6-7-9-22(19)37(41)42)12-10-21-23(24(30)38)33-27(31)34-25(21)35-14-15-36(20(18-35)11-13-32)28(40)44-29(2,3)4/h5-9,20,24,38H,1,10-12,14-18H2,2-4H3. The first-order valence-corrected chi connectivity index (χ1v) is 14.6. The Morgan fingerprint density at radius 3 is 2.70 bits per heavy atom. The number of anilines is 1. The van der Waals surface area contributed by atoms with Gasteiger partial charge in [-0.3, -0.25) is 14.9 Å². The molecule has 0 radical (unpaired) electrons. The third kappa shape index (κ3) is 6.76. The topological polar surface area (TPSA) is 172 Å². The lowest BCUT2D eigenvalue weighted by Gasteiger charge is -2.44. The second-order valence-corrected chi connectivity index (χ2v) is 12.2. The molecule has 234 valence electrons. The van der Waals surface area contributed by atoms with Crippen LogP contribution in [0.4, 0.5) is 16.3 Å².